The number of benzene rings is 2. The highest BCUT2D eigenvalue weighted by Crippen LogP contribution is 2.33. The second-order valence-electron chi connectivity index (χ2n) is 7.60. The Labute approximate surface area is 205 Å². The molecule has 0 spiro atoms. The summed E-state index contributed by atoms with van der Waals surface area (Å²) in [6.45, 7) is 9.68. The second-order valence-corrected chi connectivity index (χ2v) is 8.41. The molecule has 0 radical (unpaired) electrons. The molecule has 3 rings (SSSR count). The first-order valence-electron chi connectivity index (χ1n) is 9.77. The van der Waals surface area contributed by atoms with Crippen LogP contribution in [-0.2, 0) is 0 Å². The van der Waals surface area contributed by atoms with Gasteiger partial charge in [0.05, 0.1) is 21.1 Å². The molecule has 9 heteroatoms. The van der Waals surface area contributed by atoms with E-state index in [0.29, 0.717) is 28.2 Å². The molecular weight excluding hydrogens is 478 g/mol. The van der Waals surface area contributed by atoms with Gasteiger partial charge in [-0.2, -0.15) is 0 Å². The zero-order valence-electron chi connectivity index (χ0n) is 17.9. The fourth-order valence-corrected chi connectivity index (χ4v) is 3.54. The number of carbonyl (C=O) groups excluding carboxylic acids is 1. The lowest BCUT2D eigenvalue weighted by Gasteiger charge is -2.14. The fourth-order valence-electron chi connectivity index (χ4n) is 3.23. The summed E-state index contributed by atoms with van der Waals surface area (Å²) in [6, 6.07) is 11.7. The maximum absolute atomic E-state index is 12.3. The third-order valence-corrected chi connectivity index (χ3v) is 5.34. The van der Waals surface area contributed by atoms with E-state index >= 15 is 0 Å². The molecule has 0 bridgehead atoms. The van der Waals surface area contributed by atoms with Crippen molar-refractivity contribution in [1.29, 1.82) is 0 Å². The minimum Gasteiger partial charge on any atom is -0.351 e. The molecule has 170 valence electrons. The lowest BCUT2D eigenvalue weighted by atomic mass is 10.1. The number of hydrogen-bond donors (Lipinski definition) is 2. The Balaban J connectivity index is 0.00000240. The van der Waals surface area contributed by atoms with Crippen molar-refractivity contribution in [3.05, 3.63) is 52.0 Å². The molecule has 0 saturated heterocycles. The molecule has 0 aliphatic rings. The van der Waals surface area contributed by atoms with Gasteiger partial charge in [-0.25, -0.2) is 4.98 Å². The van der Waals surface area contributed by atoms with E-state index in [1.807, 2.05) is 30.3 Å². The van der Waals surface area contributed by atoms with Crippen molar-refractivity contribution >= 4 is 65.0 Å². The van der Waals surface area contributed by atoms with E-state index < -0.39 is 0 Å². The van der Waals surface area contributed by atoms with Crippen LogP contribution >= 0.6 is 48.0 Å². The molecule has 2 N–H and O–H groups in total. The Kier molecular flexibility index (Phi) is 10.6. The molecule has 31 heavy (non-hydrogen) atoms. The Morgan fingerprint density at radius 1 is 1.00 bits per heavy atom. The van der Waals surface area contributed by atoms with Crippen LogP contribution in [0.25, 0.3) is 22.4 Å². The first kappa shape index (κ1) is 27.5. The normalized spacial score (nSPS) is 10.8. The van der Waals surface area contributed by atoms with Gasteiger partial charge in [0.25, 0.3) is 5.91 Å². The molecule has 3 aromatic rings. The zero-order valence-corrected chi connectivity index (χ0v) is 21.1. The number of hydrogen-bond acceptors (Lipinski definition) is 3. The monoisotopic (exact) mass is 504 g/mol. The van der Waals surface area contributed by atoms with Gasteiger partial charge < -0.3 is 15.2 Å². The average Bonchev–Trinajstić information content (AvgIpc) is 3.03. The first-order valence-corrected chi connectivity index (χ1v) is 10.5. The summed E-state index contributed by atoms with van der Waals surface area (Å²) in [6.07, 6.45) is 0. The second kappa shape index (κ2) is 11.9. The van der Waals surface area contributed by atoms with Crippen LogP contribution in [0.3, 0.4) is 0 Å². The molecule has 2 aromatic carbocycles. The zero-order chi connectivity index (χ0) is 21.1. The molecular formula is C22H28Cl4N4O. The van der Waals surface area contributed by atoms with Gasteiger partial charge in [-0.05, 0) is 38.1 Å². The number of carbonyl (C=O) groups is 1. The quantitative estimate of drug-likeness (QED) is 0.378. The summed E-state index contributed by atoms with van der Waals surface area (Å²) in [5.41, 5.74) is 3.28. The number of rotatable bonds is 7. The van der Waals surface area contributed by atoms with E-state index in [-0.39, 0.29) is 36.8 Å². The van der Waals surface area contributed by atoms with Gasteiger partial charge >= 0.3 is 0 Å². The van der Waals surface area contributed by atoms with Crippen molar-refractivity contribution in [2.75, 3.05) is 13.1 Å². The lowest BCUT2D eigenvalue weighted by molar-refractivity contribution is 0.0953. The molecule has 1 amide bonds. The number of nitrogens with one attached hydrogen (secondary N) is 2. The van der Waals surface area contributed by atoms with Crippen molar-refractivity contribution < 1.29 is 4.79 Å². The summed E-state index contributed by atoms with van der Waals surface area (Å²) in [5, 5.41) is 7.19. The van der Waals surface area contributed by atoms with Crippen LogP contribution < -0.4 is 10.6 Å². The Morgan fingerprint density at radius 3 is 2.19 bits per heavy atom. The number of amides is 1. The van der Waals surface area contributed by atoms with Crippen molar-refractivity contribution in [2.45, 2.75) is 39.8 Å². The van der Waals surface area contributed by atoms with Crippen molar-refractivity contribution in [3.8, 4) is 11.4 Å². The van der Waals surface area contributed by atoms with Crippen LogP contribution in [0.5, 0.6) is 0 Å². The predicted octanol–water partition coefficient (Wildman–Crippen LogP) is 6.16. The highest BCUT2D eigenvalue weighted by molar-refractivity contribution is 6.42. The number of imidazole rings is 1. The van der Waals surface area contributed by atoms with Crippen LogP contribution in [0.2, 0.25) is 10.0 Å². The molecule has 5 nitrogen and oxygen atoms in total. The molecule has 0 atom stereocenters. The lowest BCUT2D eigenvalue weighted by Crippen LogP contribution is -2.34. The van der Waals surface area contributed by atoms with E-state index in [0.717, 1.165) is 29.0 Å². The first-order chi connectivity index (χ1) is 13.8. The van der Waals surface area contributed by atoms with Crippen LogP contribution in [-0.4, -0.2) is 34.6 Å². The molecule has 0 fully saturated rings. The largest absolute Gasteiger partial charge is 0.351 e. The van der Waals surface area contributed by atoms with E-state index in [1.54, 1.807) is 6.07 Å². The van der Waals surface area contributed by atoms with E-state index in [9.17, 15) is 4.79 Å². The van der Waals surface area contributed by atoms with Gasteiger partial charge in [0.15, 0.2) is 0 Å². The topological polar surface area (TPSA) is 58.9 Å². The molecule has 0 saturated carbocycles. The average molecular weight is 506 g/mol. The van der Waals surface area contributed by atoms with E-state index in [2.05, 4.69) is 42.9 Å². The van der Waals surface area contributed by atoms with E-state index in [1.165, 1.54) is 0 Å². The van der Waals surface area contributed by atoms with Gasteiger partial charge in [-0.1, -0.05) is 49.2 Å². The predicted molar refractivity (Wildman–Crippen MR) is 136 cm³/mol. The van der Waals surface area contributed by atoms with Crippen LogP contribution in [0.1, 0.15) is 44.1 Å². The van der Waals surface area contributed by atoms with Gasteiger partial charge in [0.2, 0.25) is 0 Å². The number of aromatic nitrogens is 2. The van der Waals surface area contributed by atoms with Crippen LogP contribution in [0.4, 0.5) is 0 Å². The highest BCUT2D eigenvalue weighted by Gasteiger charge is 2.17. The Hall–Kier alpha value is -1.50. The molecule has 0 unspecified atom stereocenters. The summed E-state index contributed by atoms with van der Waals surface area (Å²) in [7, 11) is 0. The summed E-state index contributed by atoms with van der Waals surface area (Å²) < 4.78 is 2.13. The smallest absolute Gasteiger partial charge is 0.251 e. The maximum Gasteiger partial charge on any atom is 0.251 e. The number of fused-ring (bicyclic) bond motifs is 1. The summed E-state index contributed by atoms with van der Waals surface area (Å²) >= 11 is 12.4. The van der Waals surface area contributed by atoms with E-state index in [4.69, 9.17) is 28.2 Å². The minimum absolute atomic E-state index is 0. The fraction of sp³-hybridized carbons (Fsp3) is 0.364. The highest BCUT2D eigenvalue weighted by atomic mass is 35.5. The van der Waals surface area contributed by atoms with Gasteiger partial charge in [-0.15, -0.1) is 24.8 Å². The maximum atomic E-state index is 12.3. The van der Waals surface area contributed by atoms with Gasteiger partial charge in [0, 0.05) is 36.3 Å². The Bertz CT molecular complexity index is 1020. The van der Waals surface area contributed by atoms with Crippen molar-refractivity contribution in [1.82, 2.24) is 20.2 Å². The molecule has 0 aliphatic heterocycles. The van der Waals surface area contributed by atoms with Crippen molar-refractivity contribution in [3.63, 3.8) is 0 Å². The third kappa shape index (κ3) is 6.50. The molecule has 0 aliphatic carbocycles. The Morgan fingerprint density at radius 2 is 1.61 bits per heavy atom. The molecule has 1 aromatic heterocycles. The minimum atomic E-state index is -0.0852. The van der Waals surface area contributed by atoms with Crippen LogP contribution in [0, 0.1) is 0 Å². The summed E-state index contributed by atoms with van der Waals surface area (Å²) in [4.78, 5) is 17.1. The number of halogens is 4. The van der Waals surface area contributed by atoms with Crippen molar-refractivity contribution in [2.24, 2.45) is 0 Å². The van der Waals surface area contributed by atoms with Crippen LogP contribution in [0.15, 0.2) is 36.4 Å². The SMILES string of the molecule is CC(C)NCCNC(=O)c1ccc(-c2nc3cc(Cl)c(Cl)cc3n2C(C)C)cc1.Cl.Cl. The summed E-state index contributed by atoms with van der Waals surface area (Å²) in [5.74, 6) is 0.736. The van der Waals surface area contributed by atoms with Gasteiger partial charge in [0.1, 0.15) is 5.82 Å². The standard InChI is InChI=1S/C22H26Cl2N4O.2ClH/c1-13(2)25-9-10-26-22(29)16-7-5-15(6-8-16)21-27-19-11-17(23)18(24)12-20(19)28(21)14(3)4;;/h5-8,11-14,25H,9-10H2,1-4H3,(H,26,29);2*1H. The van der Waals surface area contributed by atoms with Gasteiger partial charge in [-0.3, -0.25) is 4.79 Å². The number of nitrogens with zero attached hydrogens (tertiary/aromatic N) is 2. The molecule has 1 heterocycles. The third-order valence-electron chi connectivity index (χ3n) is 4.62.